The number of aromatic nitrogens is 1. The van der Waals surface area contributed by atoms with Crippen LogP contribution in [0.25, 0.3) is 0 Å². The zero-order valence-electron chi connectivity index (χ0n) is 17.3. The van der Waals surface area contributed by atoms with Gasteiger partial charge in [-0.3, -0.25) is 14.4 Å². The van der Waals surface area contributed by atoms with Crippen LogP contribution in [0.1, 0.15) is 40.4 Å². The molecule has 7 heteroatoms. The number of rotatable bonds is 4. The van der Waals surface area contributed by atoms with E-state index in [2.05, 4.69) is 0 Å². The molecular weight excluding hydrogens is 382 g/mol. The largest absolute Gasteiger partial charge is 0.378 e. The molecule has 2 amide bonds. The number of ether oxygens (including phenoxy) is 1. The Kier molecular flexibility index (Phi) is 5.99. The molecule has 30 heavy (non-hydrogen) atoms. The predicted octanol–water partition coefficient (Wildman–Crippen LogP) is 1.66. The molecule has 0 radical (unpaired) electrons. The van der Waals surface area contributed by atoms with Crippen LogP contribution in [-0.2, 0) is 29.0 Å². The second-order valence-corrected chi connectivity index (χ2v) is 7.75. The van der Waals surface area contributed by atoms with Gasteiger partial charge in [0, 0.05) is 38.8 Å². The van der Waals surface area contributed by atoms with Crippen molar-refractivity contribution in [2.75, 3.05) is 32.8 Å². The molecule has 1 fully saturated rings. The van der Waals surface area contributed by atoms with Gasteiger partial charge in [0.1, 0.15) is 5.56 Å². The van der Waals surface area contributed by atoms with Crippen LogP contribution >= 0.6 is 0 Å². The van der Waals surface area contributed by atoms with Crippen LogP contribution in [0.15, 0.2) is 41.3 Å². The van der Waals surface area contributed by atoms with Gasteiger partial charge in [0.2, 0.25) is 5.91 Å². The molecule has 0 atom stereocenters. The summed E-state index contributed by atoms with van der Waals surface area (Å²) in [5.74, 6) is -0.139. The highest BCUT2D eigenvalue weighted by Crippen LogP contribution is 2.23. The van der Waals surface area contributed by atoms with Gasteiger partial charge in [0.25, 0.3) is 11.5 Å². The van der Waals surface area contributed by atoms with Crippen molar-refractivity contribution < 1.29 is 14.3 Å². The minimum absolute atomic E-state index is 0.0857. The van der Waals surface area contributed by atoms with E-state index in [0.29, 0.717) is 58.8 Å². The summed E-state index contributed by atoms with van der Waals surface area (Å²) in [6.45, 7) is 5.14. The SMILES string of the molecule is CCC(=O)N1CCc2c(cn(Cc3ccccc3)c(=O)c2C(=O)N2CCOCC2)C1. The normalized spacial score (nSPS) is 16.3. The number of morpholine rings is 1. The minimum atomic E-state index is -0.260. The van der Waals surface area contributed by atoms with Gasteiger partial charge in [0.15, 0.2) is 0 Å². The maximum atomic E-state index is 13.4. The molecule has 0 bridgehead atoms. The molecule has 2 aliphatic rings. The molecule has 1 saturated heterocycles. The summed E-state index contributed by atoms with van der Waals surface area (Å²) in [4.78, 5) is 42.5. The number of pyridine rings is 1. The Morgan fingerprint density at radius 1 is 1.03 bits per heavy atom. The van der Waals surface area contributed by atoms with Gasteiger partial charge in [0.05, 0.1) is 19.8 Å². The van der Waals surface area contributed by atoms with Crippen LogP contribution < -0.4 is 5.56 Å². The summed E-state index contributed by atoms with van der Waals surface area (Å²) in [7, 11) is 0. The summed E-state index contributed by atoms with van der Waals surface area (Å²) >= 11 is 0. The quantitative estimate of drug-likeness (QED) is 0.770. The van der Waals surface area contributed by atoms with Crippen molar-refractivity contribution in [3.63, 3.8) is 0 Å². The Labute approximate surface area is 175 Å². The first-order valence-electron chi connectivity index (χ1n) is 10.5. The second kappa shape index (κ2) is 8.83. The van der Waals surface area contributed by atoms with Gasteiger partial charge in [-0.05, 0) is 23.1 Å². The van der Waals surface area contributed by atoms with Crippen molar-refractivity contribution >= 4 is 11.8 Å². The first kappa shape index (κ1) is 20.3. The Morgan fingerprint density at radius 3 is 2.47 bits per heavy atom. The number of carbonyl (C=O) groups excluding carboxylic acids is 2. The van der Waals surface area contributed by atoms with Gasteiger partial charge >= 0.3 is 0 Å². The lowest BCUT2D eigenvalue weighted by atomic mass is 9.95. The predicted molar refractivity (Wildman–Crippen MR) is 112 cm³/mol. The minimum Gasteiger partial charge on any atom is -0.378 e. The third kappa shape index (κ3) is 4.03. The van der Waals surface area contributed by atoms with Gasteiger partial charge in [-0.15, -0.1) is 0 Å². The van der Waals surface area contributed by atoms with Crippen molar-refractivity contribution in [3.8, 4) is 0 Å². The van der Waals surface area contributed by atoms with Crippen LogP contribution in [0, 0.1) is 0 Å². The van der Waals surface area contributed by atoms with Crippen molar-refractivity contribution in [3.05, 3.63) is 69.1 Å². The molecular formula is C23H27N3O4. The van der Waals surface area contributed by atoms with Crippen LogP contribution in [0.3, 0.4) is 0 Å². The average Bonchev–Trinajstić information content (AvgIpc) is 2.79. The van der Waals surface area contributed by atoms with E-state index in [0.717, 1.165) is 16.7 Å². The van der Waals surface area contributed by atoms with Gasteiger partial charge in [-0.2, -0.15) is 0 Å². The number of hydrogen-bond donors (Lipinski definition) is 0. The molecule has 3 heterocycles. The molecule has 0 unspecified atom stereocenters. The van der Waals surface area contributed by atoms with Crippen molar-refractivity contribution in [1.29, 1.82) is 0 Å². The lowest BCUT2D eigenvalue weighted by Gasteiger charge is -2.32. The molecule has 7 nitrogen and oxygen atoms in total. The molecule has 158 valence electrons. The van der Waals surface area contributed by atoms with E-state index in [1.165, 1.54) is 0 Å². The second-order valence-electron chi connectivity index (χ2n) is 7.75. The molecule has 2 aromatic rings. The fraction of sp³-hybridized carbons (Fsp3) is 0.435. The molecule has 1 aromatic heterocycles. The summed E-state index contributed by atoms with van der Waals surface area (Å²) in [6, 6.07) is 9.71. The zero-order valence-corrected chi connectivity index (χ0v) is 17.3. The third-order valence-electron chi connectivity index (χ3n) is 5.83. The monoisotopic (exact) mass is 409 g/mol. The van der Waals surface area contributed by atoms with Crippen molar-refractivity contribution in [1.82, 2.24) is 14.4 Å². The Balaban J connectivity index is 1.77. The van der Waals surface area contributed by atoms with Crippen LogP contribution in [0.2, 0.25) is 0 Å². The van der Waals surface area contributed by atoms with Crippen molar-refractivity contribution in [2.24, 2.45) is 0 Å². The molecule has 0 spiro atoms. The molecule has 4 rings (SSSR count). The number of benzene rings is 1. The van der Waals surface area contributed by atoms with Gasteiger partial charge < -0.3 is 19.1 Å². The fourth-order valence-electron chi connectivity index (χ4n) is 4.19. The van der Waals surface area contributed by atoms with E-state index in [-0.39, 0.29) is 22.9 Å². The first-order chi connectivity index (χ1) is 14.6. The Bertz CT molecular complexity index is 993. The highest BCUT2D eigenvalue weighted by Gasteiger charge is 2.30. The summed E-state index contributed by atoms with van der Waals surface area (Å²) in [5.41, 5.74) is 2.66. The number of fused-ring (bicyclic) bond motifs is 1. The lowest BCUT2D eigenvalue weighted by Crippen LogP contribution is -2.45. The van der Waals surface area contributed by atoms with E-state index in [9.17, 15) is 14.4 Å². The lowest BCUT2D eigenvalue weighted by molar-refractivity contribution is -0.131. The smallest absolute Gasteiger partial charge is 0.264 e. The molecule has 0 aliphatic carbocycles. The van der Waals surface area contributed by atoms with Crippen LogP contribution in [0.4, 0.5) is 0 Å². The first-order valence-corrected chi connectivity index (χ1v) is 10.5. The topological polar surface area (TPSA) is 71.9 Å². The van der Waals surface area contributed by atoms with Gasteiger partial charge in [-0.1, -0.05) is 37.3 Å². The molecule has 0 N–H and O–H groups in total. The van der Waals surface area contributed by atoms with E-state index in [1.54, 1.807) is 9.47 Å². The van der Waals surface area contributed by atoms with E-state index >= 15 is 0 Å². The summed E-state index contributed by atoms with van der Waals surface area (Å²) < 4.78 is 6.98. The Hall–Kier alpha value is -2.93. The highest BCUT2D eigenvalue weighted by atomic mass is 16.5. The summed E-state index contributed by atoms with van der Waals surface area (Å²) in [5, 5.41) is 0. The number of carbonyl (C=O) groups is 2. The van der Waals surface area contributed by atoms with Gasteiger partial charge in [-0.25, -0.2) is 0 Å². The maximum absolute atomic E-state index is 13.4. The maximum Gasteiger partial charge on any atom is 0.264 e. The number of nitrogens with zero attached hydrogens (tertiary/aromatic N) is 3. The van der Waals surface area contributed by atoms with Crippen LogP contribution in [0.5, 0.6) is 0 Å². The van der Waals surface area contributed by atoms with E-state index in [1.807, 2.05) is 48.4 Å². The molecule has 1 aromatic carbocycles. The highest BCUT2D eigenvalue weighted by molar-refractivity contribution is 5.96. The van der Waals surface area contributed by atoms with Crippen molar-refractivity contribution in [2.45, 2.75) is 32.9 Å². The average molecular weight is 409 g/mol. The number of amides is 2. The Morgan fingerprint density at radius 2 is 1.77 bits per heavy atom. The third-order valence-corrected chi connectivity index (χ3v) is 5.83. The number of hydrogen-bond acceptors (Lipinski definition) is 4. The van der Waals surface area contributed by atoms with E-state index in [4.69, 9.17) is 4.74 Å². The standard InChI is InChI=1S/C23H27N3O4/c1-2-20(27)25-9-8-19-18(15-25)16-26(14-17-6-4-3-5-7-17)23(29)21(19)22(28)24-10-12-30-13-11-24/h3-7,16H,2,8-15H2,1H3. The summed E-state index contributed by atoms with van der Waals surface area (Å²) in [6.07, 6.45) is 2.79. The fourth-order valence-corrected chi connectivity index (χ4v) is 4.19. The van der Waals surface area contributed by atoms with E-state index < -0.39 is 0 Å². The molecule has 0 saturated carbocycles. The zero-order chi connectivity index (χ0) is 21.1. The molecule has 2 aliphatic heterocycles. The van der Waals surface area contributed by atoms with Crippen LogP contribution in [-0.4, -0.2) is 59.0 Å².